The molecule has 108 valence electrons. The van der Waals surface area contributed by atoms with Gasteiger partial charge in [0.15, 0.2) is 5.69 Å². The molecule has 21 heavy (non-hydrogen) atoms. The van der Waals surface area contributed by atoms with E-state index in [1.807, 2.05) is 0 Å². The van der Waals surface area contributed by atoms with E-state index in [0.717, 1.165) is 12.8 Å². The maximum absolute atomic E-state index is 12.1. The Bertz CT molecular complexity index is 722. The second-order valence-electron chi connectivity index (χ2n) is 4.81. The van der Waals surface area contributed by atoms with Crippen molar-refractivity contribution in [3.63, 3.8) is 0 Å². The molecule has 0 aliphatic heterocycles. The van der Waals surface area contributed by atoms with Crippen molar-refractivity contribution >= 4 is 29.2 Å². The van der Waals surface area contributed by atoms with Gasteiger partial charge in [-0.2, -0.15) is 0 Å². The minimum Gasteiger partial charge on any atom is -0.478 e. The molecule has 0 atom stereocenters. The van der Waals surface area contributed by atoms with Gasteiger partial charge in [-0.1, -0.05) is 22.8 Å². The molecular weight excluding hydrogens is 296 g/mol. The van der Waals surface area contributed by atoms with E-state index < -0.39 is 11.9 Å². The van der Waals surface area contributed by atoms with E-state index in [2.05, 4.69) is 10.5 Å². The number of benzene rings is 1. The van der Waals surface area contributed by atoms with Gasteiger partial charge in [0.1, 0.15) is 11.3 Å². The number of carboxylic acid groups (broad SMARTS) is 1. The first kappa shape index (κ1) is 13.6. The molecule has 7 heteroatoms. The third-order valence-electron chi connectivity index (χ3n) is 3.22. The van der Waals surface area contributed by atoms with Crippen LogP contribution < -0.4 is 5.32 Å². The van der Waals surface area contributed by atoms with E-state index >= 15 is 0 Å². The minimum atomic E-state index is -1.21. The molecule has 1 aliphatic carbocycles. The summed E-state index contributed by atoms with van der Waals surface area (Å²) >= 11 is 5.84. The first-order valence-corrected chi connectivity index (χ1v) is 6.74. The molecule has 1 heterocycles. The molecule has 0 saturated heterocycles. The van der Waals surface area contributed by atoms with Crippen LogP contribution in [0.1, 0.15) is 45.4 Å². The summed E-state index contributed by atoms with van der Waals surface area (Å²) in [6, 6.07) is 6.05. The maximum atomic E-state index is 12.1. The summed E-state index contributed by atoms with van der Waals surface area (Å²) in [6.07, 6.45) is 2.07. The lowest BCUT2D eigenvalue weighted by atomic mass is 10.1. The highest BCUT2D eigenvalue weighted by Crippen LogP contribution is 2.40. The molecule has 1 aliphatic rings. The Morgan fingerprint density at radius 1 is 1.38 bits per heavy atom. The Morgan fingerprint density at radius 3 is 2.81 bits per heavy atom. The molecule has 2 aromatic rings. The van der Waals surface area contributed by atoms with Crippen LogP contribution >= 0.6 is 11.6 Å². The molecule has 1 saturated carbocycles. The number of hydrogen-bond acceptors (Lipinski definition) is 4. The Hall–Kier alpha value is -2.34. The average molecular weight is 307 g/mol. The van der Waals surface area contributed by atoms with Gasteiger partial charge >= 0.3 is 5.97 Å². The number of anilines is 1. The fourth-order valence-corrected chi connectivity index (χ4v) is 2.24. The van der Waals surface area contributed by atoms with E-state index in [1.54, 1.807) is 12.1 Å². The number of aromatic nitrogens is 1. The van der Waals surface area contributed by atoms with E-state index in [0.29, 0.717) is 11.7 Å². The zero-order valence-corrected chi connectivity index (χ0v) is 11.6. The van der Waals surface area contributed by atoms with Crippen molar-refractivity contribution in [2.75, 3.05) is 5.32 Å². The van der Waals surface area contributed by atoms with Crippen LogP contribution in [0.5, 0.6) is 0 Å². The number of carbonyl (C=O) groups is 2. The summed E-state index contributed by atoms with van der Waals surface area (Å²) in [5.74, 6) is -0.713. The highest BCUT2D eigenvalue weighted by atomic mass is 35.5. The molecule has 3 rings (SSSR count). The summed E-state index contributed by atoms with van der Waals surface area (Å²) in [4.78, 5) is 23.3. The van der Waals surface area contributed by atoms with Crippen LogP contribution in [0.2, 0.25) is 5.02 Å². The van der Waals surface area contributed by atoms with Crippen LogP contribution in [0.25, 0.3) is 0 Å². The van der Waals surface area contributed by atoms with Crippen molar-refractivity contribution < 1.29 is 19.2 Å². The Labute approximate surface area is 124 Å². The van der Waals surface area contributed by atoms with Crippen LogP contribution in [0.4, 0.5) is 5.69 Å². The minimum absolute atomic E-state index is 0.0547. The molecule has 1 aromatic carbocycles. The summed E-state index contributed by atoms with van der Waals surface area (Å²) in [7, 11) is 0. The molecular formula is C14H11ClN2O4. The largest absolute Gasteiger partial charge is 0.478 e. The summed E-state index contributed by atoms with van der Waals surface area (Å²) in [5.41, 5.74) is 0.0858. The fraction of sp³-hybridized carbons (Fsp3) is 0.214. The van der Waals surface area contributed by atoms with Crippen molar-refractivity contribution in [1.29, 1.82) is 0 Å². The number of aromatic carboxylic acids is 1. The van der Waals surface area contributed by atoms with Gasteiger partial charge in [-0.25, -0.2) is 4.79 Å². The number of nitrogens with zero attached hydrogens (tertiary/aromatic N) is 1. The van der Waals surface area contributed by atoms with Crippen LogP contribution in [0.3, 0.4) is 0 Å². The smallest absolute Gasteiger partial charge is 0.339 e. The number of amides is 1. The van der Waals surface area contributed by atoms with Gasteiger partial charge in [-0.3, -0.25) is 4.79 Å². The number of halogens is 1. The van der Waals surface area contributed by atoms with Crippen LogP contribution in [0, 0.1) is 0 Å². The van der Waals surface area contributed by atoms with Gasteiger partial charge in [-0.05, 0) is 25.0 Å². The molecule has 2 N–H and O–H groups in total. The van der Waals surface area contributed by atoms with Gasteiger partial charge < -0.3 is 14.9 Å². The molecule has 1 amide bonds. The second-order valence-corrected chi connectivity index (χ2v) is 5.22. The number of nitrogens with one attached hydrogen (secondary N) is 1. The van der Waals surface area contributed by atoms with E-state index in [1.165, 1.54) is 12.1 Å². The Morgan fingerprint density at radius 2 is 2.14 bits per heavy atom. The molecule has 0 spiro atoms. The second kappa shape index (κ2) is 5.21. The van der Waals surface area contributed by atoms with Gasteiger partial charge in [-0.15, -0.1) is 0 Å². The molecule has 0 radical (unpaired) electrons. The van der Waals surface area contributed by atoms with Crippen LogP contribution in [-0.4, -0.2) is 22.1 Å². The zero-order valence-electron chi connectivity index (χ0n) is 10.8. The van der Waals surface area contributed by atoms with Crippen molar-refractivity contribution in [1.82, 2.24) is 5.16 Å². The Kier molecular flexibility index (Phi) is 3.39. The molecule has 1 aromatic heterocycles. The van der Waals surface area contributed by atoms with Gasteiger partial charge in [0, 0.05) is 12.0 Å². The highest BCUT2D eigenvalue weighted by molar-refractivity contribution is 6.34. The van der Waals surface area contributed by atoms with Crippen molar-refractivity contribution in [3.05, 3.63) is 46.3 Å². The summed E-state index contributed by atoms with van der Waals surface area (Å²) in [6.45, 7) is 0. The Balaban J connectivity index is 1.83. The predicted octanol–water partition coefficient (Wildman–Crippen LogP) is 3.16. The first-order chi connectivity index (χ1) is 10.1. The standard InChI is InChI=1S/C14H11ClN2O4/c15-8-2-1-3-9(12(8)14(19)20)16-13(18)10-6-11(21-17-10)7-4-5-7/h1-3,6-7H,4-5H2,(H,16,18)(H,19,20). The number of rotatable bonds is 4. The normalized spacial score (nSPS) is 14.0. The van der Waals surface area contributed by atoms with Crippen molar-refractivity contribution in [2.45, 2.75) is 18.8 Å². The predicted molar refractivity (Wildman–Crippen MR) is 74.8 cm³/mol. The lowest BCUT2D eigenvalue weighted by Gasteiger charge is -2.08. The van der Waals surface area contributed by atoms with Crippen molar-refractivity contribution in [2.24, 2.45) is 0 Å². The van der Waals surface area contributed by atoms with E-state index in [4.69, 9.17) is 21.2 Å². The number of carboxylic acids is 1. The lowest BCUT2D eigenvalue weighted by Crippen LogP contribution is -2.15. The van der Waals surface area contributed by atoms with Gasteiger partial charge in [0.2, 0.25) is 0 Å². The third kappa shape index (κ3) is 2.75. The number of hydrogen-bond donors (Lipinski definition) is 2. The highest BCUT2D eigenvalue weighted by Gasteiger charge is 2.29. The average Bonchev–Trinajstić information content (AvgIpc) is 3.16. The monoisotopic (exact) mass is 306 g/mol. The van der Waals surface area contributed by atoms with Gasteiger partial charge in [0.25, 0.3) is 5.91 Å². The zero-order chi connectivity index (χ0) is 15.0. The molecule has 0 bridgehead atoms. The molecule has 0 unspecified atom stereocenters. The first-order valence-electron chi connectivity index (χ1n) is 6.36. The topological polar surface area (TPSA) is 92.4 Å². The maximum Gasteiger partial charge on any atom is 0.339 e. The third-order valence-corrected chi connectivity index (χ3v) is 3.53. The van der Waals surface area contributed by atoms with Gasteiger partial charge in [0.05, 0.1) is 10.7 Å². The lowest BCUT2D eigenvalue weighted by molar-refractivity contribution is 0.0698. The molecule has 1 fully saturated rings. The van der Waals surface area contributed by atoms with Crippen LogP contribution in [0.15, 0.2) is 28.8 Å². The SMILES string of the molecule is O=C(Nc1cccc(Cl)c1C(=O)O)c1cc(C2CC2)on1. The number of carbonyl (C=O) groups excluding carboxylic acids is 1. The summed E-state index contributed by atoms with van der Waals surface area (Å²) < 4.78 is 5.10. The van der Waals surface area contributed by atoms with E-state index in [-0.39, 0.29) is 22.0 Å². The van der Waals surface area contributed by atoms with E-state index in [9.17, 15) is 9.59 Å². The molecule has 6 nitrogen and oxygen atoms in total. The summed E-state index contributed by atoms with van der Waals surface area (Å²) in [5, 5.41) is 15.4. The quantitative estimate of drug-likeness (QED) is 0.905. The fourth-order valence-electron chi connectivity index (χ4n) is 1.99. The van der Waals surface area contributed by atoms with Crippen LogP contribution in [-0.2, 0) is 0 Å². The van der Waals surface area contributed by atoms with Crippen molar-refractivity contribution in [3.8, 4) is 0 Å².